The summed E-state index contributed by atoms with van der Waals surface area (Å²) in [5.41, 5.74) is 8.05. The van der Waals surface area contributed by atoms with Crippen molar-refractivity contribution in [1.29, 1.82) is 0 Å². The van der Waals surface area contributed by atoms with Crippen LogP contribution in [0.3, 0.4) is 0 Å². The molecule has 0 saturated carbocycles. The lowest BCUT2D eigenvalue weighted by atomic mass is 10.1. The second-order valence-corrected chi connectivity index (χ2v) is 5.25. The fraction of sp³-hybridized carbons (Fsp3) is 0.231. The maximum absolute atomic E-state index is 11.8. The van der Waals surface area contributed by atoms with Crippen LogP contribution in [0.1, 0.15) is 22.8 Å². The van der Waals surface area contributed by atoms with Gasteiger partial charge in [0.1, 0.15) is 5.56 Å². The number of carbonyl (C=O) groups is 1. The summed E-state index contributed by atoms with van der Waals surface area (Å²) in [5.74, 6) is -0.497. The Morgan fingerprint density at radius 1 is 1.58 bits per heavy atom. The molecule has 19 heavy (non-hydrogen) atoms. The number of nitrogen functional groups attached to an aromatic ring is 1. The van der Waals surface area contributed by atoms with Crippen LogP contribution in [0.25, 0.3) is 10.9 Å². The number of aryl methyl sites for hydroxylation is 1. The van der Waals surface area contributed by atoms with Gasteiger partial charge in [-0.2, -0.15) is 0 Å². The molecule has 0 aliphatic carbocycles. The molecular weight excluding hydrogens is 332 g/mol. The van der Waals surface area contributed by atoms with Gasteiger partial charge >= 0.3 is 5.97 Å². The molecule has 100 valence electrons. The van der Waals surface area contributed by atoms with Crippen molar-refractivity contribution < 1.29 is 9.53 Å². The van der Waals surface area contributed by atoms with E-state index in [0.717, 1.165) is 10.0 Å². The average Bonchev–Trinajstić information content (AvgIpc) is 2.36. The number of halogens is 2. The predicted molar refractivity (Wildman–Crippen MR) is 79.6 cm³/mol. The maximum atomic E-state index is 11.8. The van der Waals surface area contributed by atoms with Gasteiger partial charge in [0.2, 0.25) is 0 Å². The van der Waals surface area contributed by atoms with E-state index < -0.39 is 5.97 Å². The highest BCUT2D eigenvalue weighted by molar-refractivity contribution is 9.10. The van der Waals surface area contributed by atoms with E-state index in [2.05, 4.69) is 20.9 Å². The lowest BCUT2D eigenvalue weighted by Crippen LogP contribution is -2.09. The molecule has 2 N–H and O–H groups in total. The number of hydrogen-bond donors (Lipinski definition) is 1. The number of anilines is 1. The van der Waals surface area contributed by atoms with Crippen LogP contribution >= 0.6 is 27.5 Å². The van der Waals surface area contributed by atoms with Crippen molar-refractivity contribution in [2.45, 2.75) is 13.8 Å². The molecule has 1 heterocycles. The van der Waals surface area contributed by atoms with Gasteiger partial charge in [-0.05, 0) is 41.4 Å². The lowest BCUT2D eigenvalue weighted by molar-refractivity contribution is 0.0527. The number of fused-ring (bicyclic) bond motifs is 1. The first-order valence-electron chi connectivity index (χ1n) is 5.67. The van der Waals surface area contributed by atoms with E-state index >= 15 is 0 Å². The van der Waals surface area contributed by atoms with Gasteiger partial charge in [0.15, 0.2) is 0 Å². The second-order valence-electron chi connectivity index (χ2n) is 4.02. The average molecular weight is 344 g/mol. The summed E-state index contributed by atoms with van der Waals surface area (Å²) in [6.45, 7) is 3.88. The molecule has 0 aliphatic rings. The van der Waals surface area contributed by atoms with Gasteiger partial charge in [-0.15, -0.1) is 0 Å². The molecular formula is C13H12BrClN2O2. The van der Waals surface area contributed by atoms with Crippen LogP contribution in [-0.4, -0.2) is 17.6 Å². The summed E-state index contributed by atoms with van der Waals surface area (Å²) in [6, 6.07) is 1.86. The lowest BCUT2D eigenvalue weighted by Gasteiger charge is -2.11. The summed E-state index contributed by atoms with van der Waals surface area (Å²) >= 11 is 9.68. The molecule has 0 radical (unpaired) electrons. The molecule has 2 rings (SSSR count). The molecule has 1 aromatic carbocycles. The molecule has 0 unspecified atom stereocenters. The Labute approximate surface area is 124 Å². The first-order chi connectivity index (χ1) is 8.97. The Bertz CT molecular complexity index is 673. The van der Waals surface area contributed by atoms with Crippen molar-refractivity contribution in [2.24, 2.45) is 0 Å². The molecule has 0 aliphatic heterocycles. The largest absolute Gasteiger partial charge is 0.462 e. The molecule has 0 atom stereocenters. The number of nitrogens with zero attached hydrogens (tertiary/aromatic N) is 1. The van der Waals surface area contributed by atoms with E-state index in [4.69, 9.17) is 22.1 Å². The number of aromatic nitrogens is 1. The number of pyridine rings is 1. The van der Waals surface area contributed by atoms with Crippen LogP contribution in [0.5, 0.6) is 0 Å². The Morgan fingerprint density at radius 2 is 2.26 bits per heavy atom. The molecule has 1 aromatic heterocycles. The monoisotopic (exact) mass is 342 g/mol. The Hall–Kier alpha value is -1.33. The number of rotatable bonds is 2. The van der Waals surface area contributed by atoms with Crippen molar-refractivity contribution >= 4 is 50.1 Å². The predicted octanol–water partition coefficient (Wildman–Crippen LogP) is 3.72. The second kappa shape index (κ2) is 5.35. The molecule has 0 saturated heterocycles. The summed E-state index contributed by atoms with van der Waals surface area (Å²) in [6.07, 6.45) is 1.41. The molecule has 0 fully saturated rings. The number of hydrogen-bond acceptors (Lipinski definition) is 4. The van der Waals surface area contributed by atoms with Crippen LogP contribution in [0.4, 0.5) is 5.69 Å². The number of benzene rings is 1. The first kappa shape index (κ1) is 14.1. The van der Waals surface area contributed by atoms with Gasteiger partial charge in [-0.25, -0.2) is 4.79 Å². The van der Waals surface area contributed by atoms with Crippen molar-refractivity contribution in [2.75, 3.05) is 12.3 Å². The van der Waals surface area contributed by atoms with Crippen LogP contribution in [0, 0.1) is 6.92 Å². The molecule has 2 aromatic rings. The minimum Gasteiger partial charge on any atom is -0.462 e. The van der Waals surface area contributed by atoms with Gasteiger partial charge in [-0.3, -0.25) is 4.98 Å². The molecule has 0 bridgehead atoms. The quantitative estimate of drug-likeness (QED) is 0.844. The van der Waals surface area contributed by atoms with Crippen LogP contribution in [0.2, 0.25) is 5.02 Å². The third-order valence-corrected chi connectivity index (χ3v) is 3.84. The number of carbonyl (C=O) groups excluding carboxylic acids is 1. The van der Waals surface area contributed by atoms with Gasteiger partial charge < -0.3 is 10.5 Å². The standard InChI is InChI=1S/C13H12BrClN2O2/c1-3-19-13(18)7-5-17-12-8(14)4-6(2)10(15)9(12)11(7)16/h4-5H,3H2,1-2H3,(H2,16,17). The normalized spacial score (nSPS) is 10.7. The van der Waals surface area contributed by atoms with Crippen molar-refractivity contribution in [3.63, 3.8) is 0 Å². The fourth-order valence-corrected chi connectivity index (χ4v) is 2.71. The van der Waals surface area contributed by atoms with E-state index in [0.29, 0.717) is 15.9 Å². The maximum Gasteiger partial charge on any atom is 0.341 e. The minimum atomic E-state index is -0.497. The summed E-state index contributed by atoms with van der Waals surface area (Å²) in [4.78, 5) is 16.0. The molecule has 6 heteroatoms. The van der Waals surface area contributed by atoms with Gasteiger partial charge in [-0.1, -0.05) is 11.6 Å². The van der Waals surface area contributed by atoms with E-state index in [-0.39, 0.29) is 17.9 Å². The topological polar surface area (TPSA) is 65.2 Å². The highest BCUT2D eigenvalue weighted by atomic mass is 79.9. The number of nitrogens with two attached hydrogens (primary N) is 1. The molecule has 0 spiro atoms. The van der Waals surface area contributed by atoms with E-state index in [1.165, 1.54) is 6.20 Å². The van der Waals surface area contributed by atoms with Crippen molar-refractivity contribution in [3.05, 3.63) is 32.9 Å². The summed E-state index contributed by atoms with van der Waals surface area (Å²) in [5, 5.41) is 1.06. The SMILES string of the molecule is CCOC(=O)c1cnc2c(Br)cc(C)c(Cl)c2c1N. The van der Waals surface area contributed by atoms with Crippen LogP contribution in [0.15, 0.2) is 16.7 Å². The Balaban J connectivity index is 2.77. The van der Waals surface area contributed by atoms with Crippen molar-refractivity contribution in [1.82, 2.24) is 4.98 Å². The van der Waals surface area contributed by atoms with Gasteiger partial charge in [0, 0.05) is 16.1 Å². The fourth-order valence-electron chi connectivity index (χ4n) is 1.82. The smallest absolute Gasteiger partial charge is 0.341 e. The van der Waals surface area contributed by atoms with Crippen LogP contribution < -0.4 is 5.73 Å². The summed E-state index contributed by atoms with van der Waals surface area (Å²) < 4.78 is 5.73. The Kier molecular flexibility index (Phi) is 3.96. The minimum absolute atomic E-state index is 0.230. The summed E-state index contributed by atoms with van der Waals surface area (Å²) in [7, 11) is 0. The van der Waals surface area contributed by atoms with E-state index in [1.807, 2.05) is 13.0 Å². The zero-order valence-corrected chi connectivity index (χ0v) is 12.8. The third-order valence-electron chi connectivity index (χ3n) is 2.75. The highest BCUT2D eigenvalue weighted by Gasteiger charge is 2.18. The van der Waals surface area contributed by atoms with Gasteiger partial charge in [0.05, 0.1) is 22.8 Å². The van der Waals surface area contributed by atoms with E-state index in [1.54, 1.807) is 6.92 Å². The zero-order chi connectivity index (χ0) is 14.2. The molecule has 0 amide bonds. The third kappa shape index (κ3) is 2.40. The van der Waals surface area contributed by atoms with E-state index in [9.17, 15) is 4.79 Å². The zero-order valence-electron chi connectivity index (χ0n) is 10.5. The van der Waals surface area contributed by atoms with Gasteiger partial charge in [0.25, 0.3) is 0 Å². The first-order valence-corrected chi connectivity index (χ1v) is 6.84. The highest BCUT2D eigenvalue weighted by Crippen LogP contribution is 2.36. The van der Waals surface area contributed by atoms with Crippen molar-refractivity contribution in [3.8, 4) is 0 Å². The number of esters is 1. The molecule has 4 nitrogen and oxygen atoms in total. The Morgan fingerprint density at radius 3 is 2.89 bits per heavy atom. The van der Waals surface area contributed by atoms with Crippen LogP contribution in [-0.2, 0) is 4.74 Å². The number of ether oxygens (including phenoxy) is 1.